The van der Waals surface area contributed by atoms with Gasteiger partial charge in [0.15, 0.2) is 12.6 Å². The molecule has 0 aliphatic carbocycles. The molecule has 1 N–H and O–H groups in total. The minimum absolute atomic E-state index is 0.0122. The van der Waals surface area contributed by atoms with Gasteiger partial charge >= 0.3 is 0 Å². The molecule has 0 saturated carbocycles. The number of hydrogen-bond acceptors (Lipinski definition) is 5. The van der Waals surface area contributed by atoms with Crippen molar-refractivity contribution in [3.8, 4) is 11.5 Å². The lowest BCUT2D eigenvalue weighted by Crippen LogP contribution is -2.05. The molecule has 24 heavy (non-hydrogen) atoms. The van der Waals surface area contributed by atoms with Gasteiger partial charge in [-0.3, -0.25) is 9.59 Å². The van der Waals surface area contributed by atoms with Gasteiger partial charge in [-0.2, -0.15) is 0 Å². The number of halogens is 2. The average molecular weight is 458 g/mol. The number of epoxide rings is 1. The molecule has 0 unspecified atom stereocenters. The third kappa shape index (κ3) is 5.74. The number of benzene rings is 2. The maximum absolute atomic E-state index is 10.7. The number of phenols is 1. The van der Waals surface area contributed by atoms with Crippen LogP contribution >= 0.6 is 31.9 Å². The zero-order valence-electron chi connectivity index (χ0n) is 12.4. The van der Waals surface area contributed by atoms with E-state index in [1.165, 1.54) is 6.07 Å². The molecule has 3 rings (SSSR count). The Labute approximate surface area is 155 Å². The topological polar surface area (TPSA) is 76.1 Å². The average Bonchev–Trinajstić information content (AvgIpc) is 3.40. The van der Waals surface area contributed by atoms with E-state index in [4.69, 9.17) is 14.6 Å². The second-order valence-electron chi connectivity index (χ2n) is 4.89. The first-order chi connectivity index (χ1) is 11.5. The molecule has 1 heterocycles. The number of carbonyl (C=O) groups is 2. The summed E-state index contributed by atoms with van der Waals surface area (Å²) in [5.41, 5.74) is 0.856. The van der Waals surface area contributed by atoms with E-state index < -0.39 is 0 Å². The van der Waals surface area contributed by atoms with E-state index in [0.29, 0.717) is 29.8 Å². The normalized spacial score (nSPS) is 15.0. The molecule has 1 aliphatic heterocycles. The molecule has 2 aromatic rings. The second kappa shape index (κ2) is 8.96. The number of phenolic OH excluding ortho intramolecular Hbond substituents is 1. The van der Waals surface area contributed by atoms with E-state index >= 15 is 0 Å². The lowest BCUT2D eigenvalue weighted by molar-refractivity contribution is 0.111. The molecule has 0 radical (unpaired) electrons. The largest absolute Gasteiger partial charge is 0.507 e. The molecule has 7 heteroatoms. The van der Waals surface area contributed by atoms with Crippen LogP contribution in [0.25, 0.3) is 0 Å². The van der Waals surface area contributed by atoms with Crippen LogP contribution in [0.4, 0.5) is 0 Å². The van der Waals surface area contributed by atoms with Crippen LogP contribution in [0.3, 0.4) is 0 Å². The number of hydrogen-bond donors (Lipinski definition) is 1. The maximum Gasteiger partial charge on any atom is 0.153 e. The summed E-state index contributed by atoms with van der Waals surface area (Å²) < 4.78 is 12.1. The lowest BCUT2D eigenvalue weighted by Gasteiger charge is -2.06. The van der Waals surface area contributed by atoms with Gasteiger partial charge in [0, 0.05) is 8.95 Å². The van der Waals surface area contributed by atoms with E-state index in [0.717, 1.165) is 21.8 Å². The van der Waals surface area contributed by atoms with Crippen LogP contribution < -0.4 is 4.74 Å². The van der Waals surface area contributed by atoms with Crippen LogP contribution in [0.1, 0.15) is 20.7 Å². The highest BCUT2D eigenvalue weighted by Gasteiger charge is 2.23. The zero-order chi connectivity index (χ0) is 17.5. The first-order valence-corrected chi connectivity index (χ1v) is 8.55. The van der Waals surface area contributed by atoms with Crippen LogP contribution in [0, 0.1) is 0 Å². The molecule has 5 nitrogen and oxygen atoms in total. The van der Waals surface area contributed by atoms with Gasteiger partial charge in [0.05, 0.1) is 17.7 Å². The Balaban J connectivity index is 0.000000185. The summed E-state index contributed by atoms with van der Waals surface area (Å²) in [6, 6.07) is 10.0. The quantitative estimate of drug-likeness (QED) is 0.542. The van der Waals surface area contributed by atoms with Gasteiger partial charge in [-0.25, -0.2) is 0 Å². The molecular formula is C17H14Br2O5. The molecule has 0 bridgehead atoms. The van der Waals surface area contributed by atoms with Crippen molar-refractivity contribution in [3.63, 3.8) is 0 Å². The number of ether oxygens (including phenoxy) is 2. The fourth-order valence-electron chi connectivity index (χ4n) is 1.71. The molecule has 1 aliphatic rings. The predicted octanol–water partition coefficient (Wildman–Crippen LogP) is 4.01. The lowest BCUT2D eigenvalue weighted by atomic mass is 10.2. The fraction of sp³-hybridized carbons (Fsp3) is 0.176. The molecule has 1 fully saturated rings. The van der Waals surface area contributed by atoms with Crippen molar-refractivity contribution in [3.05, 3.63) is 56.5 Å². The highest BCUT2D eigenvalue weighted by atomic mass is 79.9. The van der Waals surface area contributed by atoms with Crippen molar-refractivity contribution in [2.24, 2.45) is 0 Å². The van der Waals surface area contributed by atoms with Crippen LogP contribution in [-0.4, -0.2) is 37.0 Å². The van der Waals surface area contributed by atoms with E-state index in [1.54, 1.807) is 24.3 Å². The summed E-state index contributed by atoms with van der Waals surface area (Å²) in [6.45, 7) is 1.27. The van der Waals surface area contributed by atoms with Crippen LogP contribution in [-0.2, 0) is 4.74 Å². The van der Waals surface area contributed by atoms with Gasteiger partial charge < -0.3 is 14.6 Å². The molecule has 0 spiro atoms. The van der Waals surface area contributed by atoms with E-state index in [1.807, 2.05) is 6.07 Å². The number of aromatic hydroxyl groups is 1. The highest BCUT2D eigenvalue weighted by Crippen LogP contribution is 2.23. The Morgan fingerprint density at radius 2 is 1.67 bits per heavy atom. The van der Waals surface area contributed by atoms with Crippen molar-refractivity contribution >= 4 is 44.4 Å². The summed E-state index contributed by atoms with van der Waals surface area (Å²) in [7, 11) is 0. The van der Waals surface area contributed by atoms with Gasteiger partial charge in [-0.1, -0.05) is 31.9 Å². The molecule has 0 amide bonds. The summed E-state index contributed by atoms with van der Waals surface area (Å²) in [5.74, 6) is 0.622. The van der Waals surface area contributed by atoms with Crippen molar-refractivity contribution in [2.45, 2.75) is 6.10 Å². The Hall–Kier alpha value is -1.70. The van der Waals surface area contributed by atoms with Gasteiger partial charge in [0.1, 0.15) is 24.2 Å². The number of aldehydes is 2. The molecule has 0 aromatic heterocycles. The smallest absolute Gasteiger partial charge is 0.153 e. The molecule has 1 atom stereocenters. The molecule has 1 saturated heterocycles. The van der Waals surface area contributed by atoms with Crippen LogP contribution in [0.2, 0.25) is 0 Å². The first-order valence-electron chi connectivity index (χ1n) is 6.96. The molecule has 126 valence electrons. The monoisotopic (exact) mass is 456 g/mol. The summed E-state index contributed by atoms with van der Waals surface area (Å²) in [6.07, 6.45) is 1.60. The Kier molecular flexibility index (Phi) is 6.96. The molecule has 2 aromatic carbocycles. The third-order valence-corrected chi connectivity index (χ3v) is 4.03. The number of rotatable bonds is 5. The minimum Gasteiger partial charge on any atom is -0.507 e. The predicted molar refractivity (Wildman–Crippen MR) is 96.0 cm³/mol. The highest BCUT2D eigenvalue weighted by molar-refractivity contribution is 9.10. The fourth-order valence-corrected chi connectivity index (χ4v) is 2.47. The van der Waals surface area contributed by atoms with E-state index in [2.05, 4.69) is 31.9 Å². The maximum atomic E-state index is 10.7. The molecular weight excluding hydrogens is 444 g/mol. The van der Waals surface area contributed by atoms with Crippen molar-refractivity contribution in [1.29, 1.82) is 0 Å². The van der Waals surface area contributed by atoms with Gasteiger partial charge in [0.2, 0.25) is 0 Å². The van der Waals surface area contributed by atoms with Gasteiger partial charge in [-0.15, -0.1) is 0 Å². The van der Waals surface area contributed by atoms with Crippen molar-refractivity contribution in [1.82, 2.24) is 0 Å². The summed E-state index contributed by atoms with van der Waals surface area (Å²) in [4.78, 5) is 20.9. The Bertz CT molecular complexity index is 729. The minimum atomic E-state index is 0.0122. The second-order valence-corrected chi connectivity index (χ2v) is 6.72. The van der Waals surface area contributed by atoms with E-state index in [9.17, 15) is 9.59 Å². The van der Waals surface area contributed by atoms with Gasteiger partial charge in [-0.05, 0) is 36.4 Å². The first kappa shape index (κ1) is 18.6. The van der Waals surface area contributed by atoms with Crippen LogP contribution in [0.5, 0.6) is 11.5 Å². The summed E-state index contributed by atoms with van der Waals surface area (Å²) >= 11 is 6.46. The third-order valence-electron chi connectivity index (χ3n) is 3.04. The zero-order valence-corrected chi connectivity index (χ0v) is 15.6. The van der Waals surface area contributed by atoms with Gasteiger partial charge in [0.25, 0.3) is 0 Å². The Morgan fingerprint density at radius 3 is 2.21 bits per heavy atom. The number of carbonyl (C=O) groups excluding carboxylic acids is 2. The van der Waals surface area contributed by atoms with Crippen LogP contribution in [0.15, 0.2) is 45.3 Å². The van der Waals surface area contributed by atoms with Crippen molar-refractivity contribution < 1.29 is 24.2 Å². The van der Waals surface area contributed by atoms with E-state index in [-0.39, 0.29) is 11.9 Å². The standard InChI is InChI=1S/C10H9BrO3.C7H5BrO2/c11-8-1-2-10(7(3-8)4-12)14-6-9-5-13-9;8-6-1-2-7(10)5(3-6)4-9/h1-4,9H,5-6H2;1-4,10H/t9-;/m0./s1. The van der Waals surface area contributed by atoms with Crippen molar-refractivity contribution in [2.75, 3.05) is 13.2 Å². The summed E-state index contributed by atoms with van der Waals surface area (Å²) in [5, 5.41) is 8.98. The Morgan fingerprint density at radius 1 is 1.08 bits per heavy atom. The SMILES string of the molecule is O=Cc1cc(Br)ccc1O.O=Cc1cc(Br)ccc1OC[C@@H]1CO1.